The quantitative estimate of drug-likeness (QED) is 0.230. The van der Waals surface area contributed by atoms with Gasteiger partial charge in [-0.25, -0.2) is 0 Å². The molecule has 5 aromatic rings. The normalized spacial score (nSPS) is 14.3. The van der Waals surface area contributed by atoms with Gasteiger partial charge in [-0.15, -0.1) is 0 Å². The summed E-state index contributed by atoms with van der Waals surface area (Å²) in [5.41, 5.74) is 16.1. The van der Waals surface area contributed by atoms with Gasteiger partial charge in [-0.05, 0) is 88.5 Å². The molecule has 2 aliphatic rings. The van der Waals surface area contributed by atoms with Gasteiger partial charge in [0.05, 0.1) is 5.41 Å². The predicted octanol–water partition coefficient (Wildman–Crippen LogP) is 8.42. The van der Waals surface area contributed by atoms with Crippen molar-refractivity contribution in [3.8, 4) is 22.3 Å². The molecule has 1 spiro atoms. The highest BCUT2D eigenvalue weighted by atomic mass is 14.5. The van der Waals surface area contributed by atoms with Crippen LogP contribution >= 0.6 is 0 Å². The molecule has 158 valence electrons. The Hall–Kier alpha value is -3.64. The maximum atomic E-state index is 2.44. The van der Waals surface area contributed by atoms with Gasteiger partial charge in [-0.3, -0.25) is 0 Å². The average Bonchev–Trinajstić information content (AvgIpc) is 3.08. The lowest BCUT2D eigenvalue weighted by atomic mass is 9.61. The van der Waals surface area contributed by atoms with Gasteiger partial charge in [0.1, 0.15) is 0 Å². The fraction of sp³-hybridized carbons (Fsp3) is 0.152. The van der Waals surface area contributed by atoms with Gasteiger partial charge in [-0.2, -0.15) is 0 Å². The Balaban J connectivity index is 1.80. The van der Waals surface area contributed by atoms with E-state index in [-0.39, 0.29) is 5.41 Å². The number of aryl methyl sites for hydroxylation is 4. The molecule has 0 unspecified atom stereocenters. The van der Waals surface area contributed by atoms with E-state index in [2.05, 4.69) is 113 Å². The first-order valence-electron chi connectivity index (χ1n) is 11.9. The lowest BCUT2D eigenvalue weighted by Crippen LogP contribution is -2.32. The van der Waals surface area contributed by atoms with Crippen LogP contribution in [0.25, 0.3) is 33.0 Å². The summed E-state index contributed by atoms with van der Waals surface area (Å²) in [6, 6.07) is 32.7. The molecule has 0 heteroatoms. The van der Waals surface area contributed by atoms with Gasteiger partial charge in [0.15, 0.2) is 0 Å². The lowest BCUT2D eigenvalue weighted by Gasteiger charge is -2.40. The molecule has 5 aromatic carbocycles. The van der Waals surface area contributed by atoms with E-state index >= 15 is 0 Å². The summed E-state index contributed by atoms with van der Waals surface area (Å²) < 4.78 is 0. The molecule has 0 atom stereocenters. The van der Waals surface area contributed by atoms with Crippen LogP contribution in [0.1, 0.15) is 44.5 Å². The Bertz CT molecular complexity index is 1600. The first-order valence-corrected chi connectivity index (χ1v) is 11.9. The fourth-order valence-corrected chi connectivity index (χ4v) is 6.57. The van der Waals surface area contributed by atoms with Gasteiger partial charge >= 0.3 is 0 Å². The Labute approximate surface area is 195 Å². The van der Waals surface area contributed by atoms with Crippen molar-refractivity contribution in [2.24, 2.45) is 0 Å². The van der Waals surface area contributed by atoms with Crippen molar-refractivity contribution in [2.45, 2.75) is 33.1 Å². The maximum absolute atomic E-state index is 2.44. The molecular formula is C33H26. The van der Waals surface area contributed by atoms with E-state index in [1.165, 1.54) is 77.5 Å². The minimum absolute atomic E-state index is 0.301. The van der Waals surface area contributed by atoms with E-state index in [4.69, 9.17) is 0 Å². The van der Waals surface area contributed by atoms with Crippen molar-refractivity contribution in [3.05, 3.63) is 129 Å². The summed E-state index contributed by atoms with van der Waals surface area (Å²) in [6.07, 6.45) is 0. The summed E-state index contributed by atoms with van der Waals surface area (Å²) in [7, 11) is 0. The van der Waals surface area contributed by atoms with Crippen LogP contribution in [-0.4, -0.2) is 0 Å². The van der Waals surface area contributed by atoms with Crippen LogP contribution in [0.5, 0.6) is 0 Å². The van der Waals surface area contributed by atoms with E-state index in [1.54, 1.807) is 0 Å². The molecule has 0 aromatic heterocycles. The first kappa shape index (κ1) is 18.9. The number of rotatable bonds is 0. The molecule has 0 fully saturated rings. The highest BCUT2D eigenvalue weighted by Gasteiger charge is 2.50. The van der Waals surface area contributed by atoms with Crippen LogP contribution in [0.2, 0.25) is 0 Å². The molecule has 0 radical (unpaired) electrons. The molecule has 2 aliphatic carbocycles. The second-order valence-corrected chi connectivity index (χ2v) is 10.1. The van der Waals surface area contributed by atoms with Crippen molar-refractivity contribution < 1.29 is 0 Å². The standard InChI is InChI=1S/C33H26/c1-19-8-12-24-25-13-9-20(2)17-30(25)33(29(24)16-19)28-7-5-6-23-22(4)11-15-27(32(23)28)26-14-10-21(3)18-31(26)33/h5-18H,1-4H3. The van der Waals surface area contributed by atoms with Gasteiger partial charge in [0.25, 0.3) is 0 Å². The maximum Gasteiger partial charge on any atom is 0.0726 e. The molecule has 0 nitrogen and oxygen atoms in total. The van der Waals surface area contributed by atoms with E-state index in [0.29, 0.717) is 0 Å². The molecule has 0 saturated carbocycles. The van der Waals surface area contributed by atoms with Crippen LogP contribution in [0, 0.1) is 27.7 Å². The summed E-state index contributed by atoms with van der Waals surface area (Å²) in [5, 5.41) is 2.78. The van der Waals surface area contributed by atoms with Crippen molar-refractivity contribution in [2.75, 3.05) is 0 Å². The summed E-state index contributed by atoms with van der Waals surface area (Å²) in [4.78, 5) is 0. The van der Waals surface area contributed by atoms with E-state index in [9.17, 15) is 0 Å². The van der Waals surface area contributed by atoms with E-state index in [0.717, 1.165) is 0 Å². The van der Waals surface area contributed by atoms with Crippen molar-refractivity contribution in [1.29, 1.82) is 0 Å². The molecule has 0 heterocycles. The first-order chi connectivity index (χ1) is 16.0. The molecule has 0 saturated heterocycles. The SMILES string of the molecule is Cc1ccc2c(c1)C1(c3cc(C)ccc3-2)c2cc(C)ccc2-c2ccc(C)c3cccc1c23. The van der Waals surface area contributed by atoms with Crippen LogP contribution < -0.4 is 0 Å². The van der Waals surface area contributed by atoms with E-state index < -0.39 is 0 Å². The lowest BCUT2D eigenvalue weighted by molar-refractivity contribution is 0.770. The third kappa shape index (κ3) is 2.21. The Kier molecular flexibility index (Phi) is 3.57. The third-order valence-electron chi connectivity index (χ3n) is 7.98. The van der Waals surface area contributed by atoms with Crippen molar-refractivity contribution >= 4 is 10.8 Å². The molecule has 7 rings (SSSR count). The van der Waals surface area contributed by atoms with Gasteiger partial charge in [-0.1, -0.05) is 102 Å². The fourth-order valence-electron chi connectivity index (χ4n) is 6.57. The zero-order valence-electron chi connectivity index (χ0n) is 19.6. The van der Waals surface area contributed by atoms with Gasteiger partial charge in [0.2, 0.25) is 0 Å². The summed E-state index contributed by atoms with van der Waals surface area (Å²) in [5.74, 6) is 0. The van der Waals surface area contributed by atoms with Crippen LogP contribution in [0.4, 0.5) is 0 Å². The molecule has 33 heavy (non-hydrogen) atoms. The van der Waals surface area contributed by atoms with Gasteiger partial charge in [0, 0.05) is 0 Å². The molecule has 0 aliphatic heterocycles. The zero-order chi connectivity index (χ0) is 22.5. The number of fused-ring (bicyclic) bond motifs is 9. The Morgan fingerprint density at radius 3 is 1.48 bits per heavy atom. The monoisotopic (exact) mass is 422 g/mol. The van der Waals surface area contributed by atoms with E-state index in [1.807, 2.05) is 0 Å². The minimum atomic E-state index is -0.301. The molecular weight excluding hydrogens is 396 g/mol. The summed E-state index contributed by atoms with van der Waals surface area (Å²) in [6.45, 7) is 8.91. The molecule has 0 amide bonds. The Morgan fingerprint density at radius 2 is 0.939 bits per heavy atom. The predicted molar refractivity (Wildman–Crippen MR) is 139 cm³/mol. The zero-order valence-corrected chi connectivity index (χ0v) is 19.6. The second kappa shape index (κ2) is 6.23. The number of hydrogen-bond acceptors (Lipinski definition) is 0. The van der Waals surface area contributed by atoms with Crippen molar-refractivity contribution in [1.82, 2.24) is 0 Å². The highest BCUT2D eigenvalue weighted by molar-refractivity contribution is 6.08. The third-order valence-corrected chi connectivity index (χ3v) is 7.98. The van der Waals surface area contributed by atoms with Crippen LogP contribution in [-0.2, 0) is 5.41 Å². The minimum Gasteiger partial charge on any atom is -0.0613 e. The largest absolute Gasteiger partial charge is 0.0726 e. The topological polar surface area (TPSA) is 0 Å². The number of hydrogen-bond donors (Lipinski definition) is 0. The molecule has 0 N–H and O–H groups in total. The highest BCUT2D eigenvalue weighted by Crippen LogP contribution is 2.62. The van der Waals surface area contributed by atoms with Crippen LogP contribution in [0.15, 0.2) is 84.9 Å². The van der Waals surface area contributed by atoms with Crippen LogP contribution in [0.3, 0.4) is 0 Å². The molecule has 0 bridgehead atoms. The second-order valence-electron chi connectivity index (χ2n) is 10.1. The summed E-state index contributed by atoms with van der Waals surface area (Å²) >= 11 is 0. The average molecular weight is 423 g/mol. The van der Waals surface area contributed by atoms with Crippen molar-refractivity contribution in [3.63, 3.8) is 0 Å². The smallest absolute Gasteiger partial charge is 0.0613 e. The Morgan fingerprint density at radius 1 is 0.455 bits per heavy atom. The van der Waals surface area contributed by atoms with Gasteiger partial charge < -0.3 is 0 Å². The number of benzene rings is 5.